The first kappa shape index (κ1) is 25.0. The molecule has 0 saturated heterocycles. The Labute approximate surface area is 220 Å². The largest absolute Gasteiger partial charge is 1.00 e. The summed E-state index contributed by atoms with van der Waals surface area (Å²) in [6, 6.07) is 8.69. The van der Waals surface area contributed by atoms with Gasteiger partial charge in [-0.15, -0.1) is 0 Å². The van der Waals surface area contributed by atoms with Gasteiger partial charge < -0.3 is 31.4 Å². The van der Waals surface area contributed by atoms with Crippen LogP contribution in [0, 0.1) is 0 Å². The van der Waals surface area contributed by atoms with Gasteiger partial charge in [0.1, 0.15) is 0 Å². The minimum absolute atomic E-state index is 0. The second-order valence-corrected chi connectivity index (χ2v) is 10.1. The number of pyridine rings is 1. The van der Waals surface area contributed by atoms with Crippen LogP contribution < -0.4 is 35.9 Å². The van der Waals surface area contributed by atoms with Crippen LogP contribution in [0.5, 0.6) is 23.0 Å². The molecule has 192 valence electrons. The Kier molecular flexibility index (Phi) is 7.76. The zero-order valence-corrected chi connectivity index (χ0v) is 22.0. The Morgan fingerprint density at radius 3 is 2.25 bits per heavy atom. The molecule has 0 N–H and O–H groups in total. The molecule has 0 amide bonds. The predicted molar refractivity (Wildman–Crippen MR) is 136 cm³/mol. The highest BCUT2D eigenvalue weighted by Crippen LogP contribution is 2.45. The Morgan fingerprint density at radius 1 is 0.750 bits per heavy atom. The number of nitrogens with zero attached hydrogens (tertiary/aromatic N) is 1. The van der Waals surface area contributed by atoms with Gasteiger partial charge in [-0.3, -0.25) is 0 Å². The molecule has 3 aromatic rings. The van der Waals surface area contributed by atoms with Crippen LogP contribution in [0.3, 0.4) is 0 Å². The summed E-state index contributed by atoms with van der Waals surface area (Å²) in [5, 5.41) is 2.45. The second-order valence-electron chi connectivity index (χ2n) is 10.1. The molecule has 0 atom stereocenters. The number of rotatable bonds is 10. The fourth-order valence-corrected chi connectivity index (χ4v) is 5.92. The second kappa shape index (κ2) is 11.2. The van der Waals surface area contributed by atoms with E-state index in [9.17, 15) is 0 Å². The zero-order valence-electron chi connectivity index (χ0n) is 21.2. The van der Waals surface area contributed by atoms with Crippen LogP contribution in [-0.4, -0.2) is 13.6 Å². The summed E-state index contributed by atoms with van der Waals surface area (Å²) >= 11 is 0. The summed E-state index contributed by atoms with van der Waals surface area (Å²) in [6.45, 7) is 3.85. The summed E-state index contributed by atoms with van der Waals surface area (Å²) in [4.78, 5) is 0. The number of aryl methyl sites for hydroxylation is 3. The first-order valence-electron chi connectivity index (χ1n) is 13.5. The lowest BCUT2D eigenvalue weighted by Gasteiger charge is -2.20. The van der Waals surface area contributed by atoms with E-state index in [1.54, 1.807) is 0 Å². The maximum Gasteiger partial charge on any atom is 0.231 e. The van der Waals surface area contributed by atoms with Crippen LogP contribution >= 0.6 is 0 Å². The monoisotopic (exact) mass is 509 g/mol. The molecular formula is C30H36ClNO4. The van der Waals surface area contributed by atoms with Crippen molar-refractivity contribution in [2.75, 3.05) is 13.6 Å². The number of benzene rings is 2. The van der Waals surface area contributed by atoms with Gasteiger partial charge in [-0.1, -0.05) is 58.3 Å². The van der Waals surface area contributed by atoms with Gasteiger partial charge in [-0.25, -0.2) is 0 Å². The Morgan fingerprint density at radius 2 is 1.44 bits per heavy atom. The number of hydrogen-bond acceptors (Lipinski definition) is 4. The minimum Gasteiger partial charge on any atom is -1.00 e. The van der Waals surface area contributed by atoms with Crippen molar-refractivity contribution >= 4 is 10.8 Å². The third-order valence-electron chi connectivity index (χ3n) is 7.77. The molecule has 2 aromatic carbocycles. The number of ether oxygens (including phenoxy) is 4. The minimum atomic E-state index is 0. The summed E-state index contributed by atoms with van der Waals surface area (Å²) in [7, 11) is 0. The van der Waals surface area contributed by atoms with Crippen molar-refractivity contribution in [3.8, 4) is 34.3 Å². The van der Waals surface area contributed by atoms with E-state index in [1.807, 2.05) is 0 Å². The van der Waals surface area contributed by atoms with Gasteiger partial charge in [0, 0.05) is 17.4 Å². The number of hydrogen-bond donors (Lipinski definition) is 0. The molecule has 0 bridgehead atoms. The zero-order chi connectivity index (χ0) is 23.6. The van der Waals surface area contributed by atoms with Gasteiger partial charge in [0.25, 0.3) is 0 Å². The molecule has 3 aliphatic rings. The maximum atomic E-state index is 5.91. The predicted octanol–water partition coefficient (Wildman–Crippen LogP) is 3.89. The highest BCUT2D eigenvalue weighted by molar-refractivity contribution is 5.95. The van der Waals surface area contributed by atoms with E-state index in [0.29, 0.717) is 13.6 Å². The fourth-order valence-electron chi connectivity index (χ4n) is 5.92. The first-order valence-corrected chi connectivity index (χ1v) is 13.5. The molecular weight excluding hydrogens is 474 g/mol. The molecule has 0 unspecified atom stereocenters. The van der Waals surface area contributed by atoms with E-state index in [2.05, 4.69) is 42.0 Å². The fraction of sp³-hybridized carbons (Fsp3) is 0.500. The van der Waals surface area contributed by atoms with Crippen molar-refractivity contribution in [3.63, 3.8) is 0 Å². The number of halogens is 1. The molecule has 0 radical (unpaired) electrons. The summed E-state index contributed by atoms with van der Waals surface area (Å²) < 4.78 is 25.5. The summed E-state index contributed by atoms with van der Waals surface area (Å²) in [5.74, 6) is 3.48. The van der Waals surface area contributed by atoms with Crippen LogP contribution in [0.25, 0.3) is 22.0 Å². The Hall–Kier alpha value is -2.66. The van der Waals surface area contributed by atoms with Crippen molar-refractivity contribution in [2.45, 2.75) is 84.1 Å². The number of fused-ring (bicyclic) bond motifs is 7. The van der Waals surface area contributed by atoms with Crippen LogP contribution in [0.4, 0.5) is 0 Å². The molecule has 0 saturated carbocycles. The SMILES string of the molecule is CCCCCCCCCCCc1c2[n+](cc3c4c(ccc13)OCO4)CCc1cc3c(cc1-2)OCO3.[Cl-]. The van der Waals surface area contributed by atoms with Gasteiger partial charge in [0.05, 0.1) is 10.9 Å². The quantitative estimate of drug-likeness (QED) is 0.307. The van der Waals surface area contributed by atoms with Gasteiger partial charge in [0.2, 0.25) is 19.3 Å². The molecule has 3 aliphatic heterocycles. The van der Waals surface area contributed by atoms with Crippen LogP contribution in [-0.2, 0) is 19.4 Å². The standard InChI is InChI=1S/C30H36NO4.ClH/c1-2-3-4-5-6-7-8-9-10-11-23-22-12-13-26-30(35-20-32-26)25(22)18-31-15-14-21-16-27-28(34-19-33-27)17-24(21)29(23)31;/h12-13,16-18H,2-11,14-15,19-20H2,1H3;1H/q+1;/p-1. The molecule has 6 heteroatoms. The lowest BCUT2D eigenvalue weighted by Crippen LogP contribution is -3.00. The summed E-state index contributed by atoms with van der Waals surface area (Å²) in [6.07, 6.45) is 16.3. The van der Waals surface area contributed by atoms with Crippen molar-refractivity contribution in [1.29, 1.82) is 0 Å². The molecule has 0 spiro atoms. The van der Waals surface area contributed by atoms with E-state index in [1.165, 1.54) is 90.9 Å². The average molecular weight is 510 g/mol. The van der Waals surface area contributed by atoms with Crippen molar-refractivity contribution in [2.24, 2.45) is 0 Å². The number of unbranched alkanes of at least 4 members (excludes halogenated alkanes) is 8. The Bertz CT molecular complexity index is 1240. The van der Waals surface area contributed by atoms with E-state index >= 15 is 0 Å². The smallest absolute Gasteiger partial charge is 0.231 e. The molecule has 4 heterocycles. The van der Waals surface area contributed by atoms with Crippen LogP contribution in [0.2, 0.25) is 0 Å². The van der Waals surface area contributed by atoms with Gasteiger partial charge >= 0.3 is 0 Å². The van der Waals surface area contributed by atoms with Crippen molar-refractivity contribution < 1.29 is 35.9 Å². The molecule has 0 fully saturated rings. The highest BCUT2D eigenvalue weighted by atomic mass is 35.5. The van der Waals surface area contributed by atoms with Gasteiger partial charge in [-0.2, -0.15) is 4.57 Å². The third-order valence-corrected chi connectivity index (χ3v) is 7.77. The van der Waals surface area contributed by atoms with Crippen molar-refractivity contribution in [3.05, 3.63) is 41.6 Å². The number of aromatic nitrogens is 1. The Balaban J connectivity index is 0.00000267. The van der Waals surface area contributed by atoms with Crippen LogP contribution in [0.15, 0.2) is 30.5 Å². The molecule has 36 heavy (non-hydrogen) atoms. The molecule has 5 nitrogen and oxygen atoms in total. The molecule has 0 aliphatic carbocycles. The lowest BCUT2D eigenvalue weighted by atomic mass is 9.89. The van der Waals surface area contributed by atoms with E-state index in [4.69, 9.17) is 18.9 Å². The van der Waals surface area contributed by atoms with Crippen molar-refractivity contribution in [1.82, 2.24) is 0 Å². The van der Waals surface area contributed by atoms with Gasteiger partial charge in [-0.05, 0) is 42.7 Å². The highest BCUT2D eigenvalue weighted by Gasteiger charge is 2.32. The normalized spacial score (nSPS) is 14.5. The van der Waals surface area contributed by atoms with E-state index in [0.717, 1.165) is 42.4 Å². The first-order chi connectivity index (χ1) is 17.3. The van der Waals surface area contributed by atoms with E-state index < -0.39 is 0 Å². The van der Waals surface area contributed by atoms with Gasteiger partial charge in [0.15, 0.2) is 35.7 Å². The van der Waals surface area contributed by atoms with E-state index in [-0.39, 0.29) is 12.4 Å². The summed E-state index contributed by atoms with van der Waals surface area (Å²) in [5.41, 5.74) is 5.38. The maximum absolute atomic E-state index is 5.91. The lowest BCUT2D eigenvalue weighted by molar-refractivity contribution is -0.686. The average Bonchev–Trinajstić information content (AvgIpc) is 3.55. The third kappa shape index (κ3) is 4.70. The topological polar surface area (TPSA) is 40.8 Å². The molecule has 1 aromatic heterocycles. The molecule has 6 rings (SSSR count). The van der Waals surface area contributed by atoms with Crippen LogP contribution in [0.1, 0.15) is 75.8 Å².